The average Bonchev–Trinajstić information content (AvgIpc) is 2.54. The lowest BCUT2D eigenvalue weighted by atomic mass is 9.98. The molecular weight excluding hydrogens is 308 g/mol. The van der Waals surface area contributed by atoms with Gasteiger partial charge in [-0.1, -0.05) is 0 Å². The predicted molar refractivity (Wildman–Crippen MR) is 90.8 cm³/mol. The SMILES string of the molecule is COc1nccnc1CNC[C@H]1CCCN(C(=O)OC(C)(C)C)C1. The molecule has 1 N–H and O–H groups in total. The van der Waals surface area contributed by atoms with Crippen molar-refractivity contribution >= 4 is 6.09 Å². The van der Waals surface area contributed by atoms with Gasteiger partial charge in [0.15, 0.2) is 0 Å². The summed E-state index contributed by atoms with van der Waals surface area (Å²) in [6.45, 7) is 8.58. The first-order valence-corrected chi connectivity index (χ1v) is 8.41. The Morgan fingerprint density at radius 3 is 2.83 bits per heavy atom. The van der Waals surface area contributed by atoms with Crippen LogP contribution in [0.15, 0.2) is 12.4 Å². The highest BCUT2D eigenvalue weighted by atomic mass is 16.6. The van der Waals surface area contributed by atoms with E-state index in [4.69, 9.17) is 9.47 Å². The summed E-state index contributed by atoms with van der Waals surface area (Å²) in [6.07, 6.45) is 5.15. The number of rotatable bonds is 5. The number of methoxy groups -OCH3 is 1. The van der Waals surface area contributed by atoms with Gasteiger partial charge in [0.1, 0.15) is 11.3 Å². The molecule has 24 heavy (non-hydrogen) atoms. The summed E-state index contributed by atoms with van der Waals surface area (Å²) in [5.41, 5.74) is 0.338. The molecule has 1 aliphatic heterocycles. The molecule has 0 aliphatic carbocycles. The Labute approximate surface area is 143 Å². The number of hydrogen-bond donors (Lipinski definition) is 1. The van der Waals surface area contributed by atoms with Gasteiger partial charge in [-0.25, -0.2) is 9.78 Å². The first-order valence-electron chi connectivity index (χ1n) is 8.41. The third-order valence-corrected chi connectivity index (χ3v) is 3.83. The number of carbonyl (C=O) groups excluding carboxylic acids is 1. The summed E-state index contributed by atoms with van der Waals surface area (Å²) in [6, 6.07) is 0. The molecule has 2 rings (SSSR count). The smallest absolute Gasteiger partial charge is 0.410 e. The van der Waals surface area contributed by atoms with E-state index in [1.165, 1.54) is 0 Å². The third kappa shape index (κ3) is 5.63. The fourth-order valence-electron chi connectivity index (χ4n) is 2.76. The van der Waals surface area contributed by atoms with Crippen molar-refractivity contribution in [2.45, 2.75) is 45.8 Å². The normalized spacial score (nSPS) is 18.3. The summed E-state index contributed by atoms with van der Waals surface area (Å²) in [5.74, 6) is 0.956. The first kappa shape index (κ1) is 18.4. The zero-order chi connectivity index (χ0) is 17.6. The summed E-state index contributed by atoms with van der Waals surface area (Å²) in [4.78, 5) is 22.4. The summed E-state index contributed by atoms with van der Waals surface area (Å²) >= 11 is 0. The van der Waals surface area contributed by atoms with Crippen molar-refractivity contribution in [3.63, 3.8) is 0 Å². The van der Waals surface area contributed by atoms with Crippen LogP contribution in [0.5, 0.6) is 5.88 Å². The van der Waals surface area contributed by atoms with Gasteiger partial charge in [0.2, 0.25) is 5.88 Å². The predicted octanol–water partition coefficient (Wildman–Crippen LogP) is 2.22. The minimum atomic E-state index is -0.454. The largest absolute Gasteiger partial charge is 0.480 e. The number of aromatic nitrogens is 2. The first-order chi connectivity index (χ1) is 11.4. The van der Waals surface area contributed by atoms with Crippen molar-refractivity contribution in [1.82, 2.24) is 20.2 Å². The maximum Gasteiger partial charge on any atom is 0.410 e. The minimum absolute atomic E-state index is 0.220. The number of carbonyl (C=O) groups is 1. The molecule has 7 nitrogen and oxygen atoms in total. The van der Waals surface area contributed by atoms with Gasteiger partial charge in [-0.3, -0.25) is 4.98 Å². The fourth-order valence-corrected chi connectivity index (χ4v) is 2.76. The van der Waals surface area contributed by atoms with E-state index in [1.54, 1.807) is 19.5 Å². The van der Waals surface area contributed by atoms with Crippen LogP contribution in [0.25, 0.3) is 0 Å². The van der Waals surface area contributed by atoms with Gasteiger partial charge in [0.25, 0.3) is 0 Å². The van der Waals surface area contributed by atoms with Crippen LogP contribution in [0.4, 0.5) is 4.79 Å². The standard InChI is InChI=1S/C17H28N4O3/c1-17(2,3)24-16(22)21-9-5-6-13(12-21)10-18-11-14-15(23-4)20-8-7-19-14/h7-8,13,18H,5-6,9-12H2,1-4H3/t13-/m1/s1. The molecule has 1 fully saturated rings. The van der Waals surface area contributed by atoms with Crippen LogP contribution in [-0.4, -0.2) is 53.3 Å². The summed E-state index contributed by atoms with van der Waals surface area (Å²) < 4.78 is 10.7. The number of nitrogens with one attached hydrogen (secondary N) is 1. The van der Waals surface area contributed by atoms with Crippen LogP contribution in [-0.2, 0) is 11.3 Å². The Bertz CT molecular complexity index is 545. The van der Waals surface area contributed by atoms with E-state index in [0.717, 1.165) is 38.2 Å². The Morgan fingerprint density at radius 2 is 2.12 bits per heavy atom. The maximum absolute atomic E-state index is 12.2. The topological polar surface area (TPSA) is 76.6 Å². The molecule has 134 valence electrons. The van der Waals surface area contributed by atoms with Crippen molar-refractivity contribution in [3.05, 3.63) is 18.1 Å². The third-order valence-electron chi connectivity index (χ3n) is 3.83. The molecule has 1 saturated heterocycles. The number of hydrogen-bond acceptors (Lipinski definition) is 6. The highest BCUT2D eigenvalue weighted by Crippen LogP contribution is 2.19. The summed E-state index contributed by atoms with van der Waals surface area (Å²) in [7, 11) is 1.59. The van der Waals surface area contributed by atoms with Crippen LogP contribution in [0.2, 0.25) is 0 Å². The lowest BCUT2D eigenvalue weighted by Gasteiger charge is -2.34. The zero-order valence-corrected chi connectivity index (χ0v) is 15.0. The Morgan fingerprint density at radius 1 is 1.38 bits per heavy atom. The van der Waals surface area contributed by atoms with Gasteiger partial charge in [0.05, 0.1) is 7.11 Å². The zero-order valence-electron chi connectivity index (χ0n) is 15.0. The van der Waals surface area contributed by atoms with E-state index in [1.807, 2.05) is 25.7 Å². The van der Waals surface area contributed by atoms with Gasteiger partial charge in [-0.15, -0.1) is 0 Å². The van der Waals surface area contributed by atoms with Gasteiger partial charge in [0, 0.05) is 38.6 Å². The van der Waals surface area contributed by atoms with E-state index >= 15 is 0 Å². The van der Waals surface area contributed by atoms with E-state index in [-0.39, 0.29) is 6.09 Å². The number of likely N-dealkylation sites (tertiary alicyclic amines) is 1. The fraction of sp³-hybridized carbons (Fsp3) is 0.706. The lowest BCUT2D eigenvalue weighted by Crippen LogP contribution is -2.45. The second-order valence-corrected chi connectivity index (χ2v) is 7.08. The van der Waals surface area contributed by atoms with E-state index in [0.29, 0.717) is 18.3 Å². The van der Waals surface area contributed by atoms with Crippen LogP contribution < -0.4 is 10.1 Å². The van der Waals surface area contributed by atoms with Crippen molar-refractivity contribution < 1.29 is 14.3 Å². The molecule has 0 spiro atoms. The van der Waals surface area contributed by atoms with E-state index in [9.17, 15) is 4.79 Å². The monoisotopic (exact) mass is 336 g/mol. The van der Waals surface area contributed by atoms with Crippen molar-refractivity contribution in [2.24, 2.45) is 5.92 Å². The van der Waals surface area contributed by atoms with Gasteiger partial charge in [-0.05, 0) is 39.5 Å². The van der Waals surface area contributed by atoms with Crippen molar-refractivity contribution in [2.75, 3.05) is 26.7 Å². The Kier molecular flexibility index (Phi) is 6.36. The molecule has 0 saturated carbocycles. The highest BCUT2D eigenvalue weighted by Gasteiger charge is 2.27. The number of piperidine rings is 1. The van der Waals surface area contributed by atoms with Gasteiger partial charge in [-0.2, -0.15) is 0 Å². The maximum atomic E-state index is 12.2. The Hall–Kier alpha value is -1.89. The molecule has 1 aromatic heterocycles. The quantitative estimate of drug-likeness (QED) is 0.888. The Balaban J connectivity index is 1.80. The number of amides is 1. The van der Waals surface area contributed by atoms with Gasteiger partial charge < -0.3 is 19.7 Å². The van der Waals surface area contributed by atoms with Crippen LogP contribution in [0.1, 0.15) is 39.3 Å². The molecule has 1 amide bonds. The summed E-state index contributed by atoms with van der Waals surface area (Å²) in [5, 5.41) is 3.39. The van der Waals surface area contributed by atoms with Crippen molar-refractivity contribution in [3.8, 4) is 5.88 Å². The van der Waals surface area contributed by atoms with Crippen LogP contribution >= 0.6 is 0 Å². The molecule has 1 atom stereocenters. The van der Waals surface area contributed by atoms with E-state index in [2.05, 4.69) is 15.3 Å². The number of nitrogens with zero attached hydrogens (tertiary/aromatic N) is 3. The molecule has 0 bridgehead atoms. The molecule has 0 unspecified atom stereocenters. The second-order valence-electron chi connectivity index (χ2n) is 7.08. The molecule has 1 aromatic rings. The molecular formula is C17H28N4O3. The average molecular weight is 336 g/mol. The molecule has 0 radical (unpaired) electrons. The lowest BCUT2D eigenvalue weighted by molar-refractivity contribution is 0.0166. The van der Waals surface area contributed by atoms with Gasteiger partial charge >= 0.3 is 6.09 Å². The highest BCUT2D eigenvalue weighted by molar-refractivity contribution is 5.68. The van der Waals surface area contributed by atoms with E-state index < -0.39 is 5.60 Å². The molecule has 1 aliphatic rings. The molecule has 2 heterocycles. The second kappa shape index (κ2) is 8.28. The van der Waals surface area contributed by atoms with Crippen LogP contribution in [0, 0.1) is 5.92 Å². The minimum Gasteiger partial charge on any atom is -0.480 e. The molecule has 0 aromatic carbocycles. The van der Waals surface area contributed by atoms with Crippen molar-refractivity contribution in [1.29, 1.82) is 0 Å². The van der Waals surface area contributed by atoms with Crippen LogP contribution in [0.3, 0.4) is 0 Å². The number of ether oxygens (including phenoxy) is 2. The molecule has 7 heteroatoms.